The van der Waals surface area contributed by atoms with Gasteiger partial charge in [-0.3, -0.25) is 0 Å². The molecule has 96 valence electrons. The lowest BCUT2D eigenvalue weighted by Crippen LogP contribution is -1.97. The third kappa shape index (κ3) is 3.25. The Balaban J connectivity index is 2.08. The van der Waals surface area contributed by atoms with Crippen LogP contribution in [-0.2, 0) is 13.2 Å². The average Bonchev–Trinajstić information content (AvgIpc) is 2.82. The maximum atomic E-state index is 9.06. The molecule has 0 spiro atoms. The molecule has 0 radical (unpaired) electrons. The molecule has 5 heteroatoms. The van der Waals surface area contributed by atoms with Gasteiger partial charge in [0.25, 0.3) is 0 Å². The highest BCUT2D eigenvalue weighted by Crippen LogP contribution is 2.30. The van der Waals surface area contributed by atoms with E-state index in [-0.39, 0.29) is 6.61 Å². The number of ether oxygens (including phenoxy) is 2. The van der Waals surface area contributed by atoms with Gasteiger partial charge in [0, 0.05) is 4.88 Å². The monoisotopic (exact) mass is 328 g/mol. The van der Waals surface area contributed by atoms with E-state index >= 15 is 0 Å². The van der Waals surface area contributed by atoms with Gasteiger partial charge >= 0.3 is 0 Å². The molecular formula is C13H13BrO3S. The molecule has 1 aromatic carbocycles. The first-order chi connectivity index (χ1) is 8.72. The lowest BCUT2D eigenvalue weighted by atomic mass is 10.2. The topological polar surface area (TPSA) is 38.7 Å². The number of methoxy groups -OCH3 is 1. The Morgan fingerprint density at radius 3 is 2.67 bits per heavy atom. The Morgan fingerprint density at radius 1 is 1.22 bits per heavy atom. The van der Waals surface area contributed by atoms with Gasteiger partial charge in [-0.15, -0.1) is 11.3 Å². The summed E-state index contributed by atoms with van der Waals surface area (Å²) in [5.41, 5.74) is 0.804. The summed E-state index contributed by atoms with van der Waals surface area (Å²) in [7, 11) is 1.59. The second kappa shape index (κ2) is 6.22. The Labute approximate surface area is 118 Å². The van der Waals surface area contributed by atoms with E-state index in [1.54, 1.807) is 24.5 Å². The van der Waals surface area contributed by atoms with E-state index in [2.05, 4.69) is 15.9 Å². The number of hydrogen-bond donors (Lipinski definition) is 1. The first-order valence-electron chi connectivity index (χ1n) is 5.37. The molecule has 0 saturated carbocycles. The normalized spacial score (nSPS) is 10.4. The molecule has 18 heavy (non-hydrogen) atoms. The standard InChI is InChI=1S/C13H13BrO3S/c1-16-12-6-9(7-15)2-4-11(12)17-8-10-3-5-13(14)18-10/h2-6,15H,7-8H2,1H3. The predicted molar refractivity (Wildman–Crippen MR) is 75.3 cm³/mol. The fourth-order valence-electron chi connectivity index (χ4n) is 1.51. The average molecular weight is 329 g/mol. The molecular weight excluding hydrogens is 316 g/mol. The molecule has 0 fully saturated rings. The van der Waals surface area contributed by atoms with Crippen LogP contribution in [0.1, 0.15) is 10.4 Å². The Morgan fingerprint density at radius 2 is 2.06 bits per heavy atom. The second-order valence-corrected chi connectivity index (χ2v) is 6.19. The van der Waals surface area contributed by atoms with E-state index in [9.17, 15) is 0 Å². The van der Waals surface area contributed by atoms with Crippen molar-refractivity contribution < 1.29 is 14.6 Å². The van der Waals surface area contributed by atoms with Crippen molar-refractivity contribution in [2.75, 3.05) is 7.11 Å². The van der Waals surface area contributed by atoms with Crippen molar-refractivity contribution in [3.05, 3.63) is 44.6 Å². The highest BCUT2D eigenvalue weighted by molar-refractivity contribution is 9.11. The first kappa shape index (κ1) is 13.4. The molecule has 2 aromatic rings. The molecule has 1 N–H and O–H groups in total. The summed E-state index contributed by atoms with van der Waals surface area (Å²) in [6.07, 6.45) is 0. The summed E-state index contributed by atoms with van der Waals surface area (Å²) < 4.78 is 12.0. The van der Waals surface area contributed by atoms with Gasteiger partial charge in [0.05, 0.1) is 17.5 Å². The van der Waals surface area contributed by atoms with Gasteiger partial charge in [-0.1, -0.05) is 6.07 Å². The first-order valence-corrected chi connectivity index (χ1v) is 6.98. The largest absolute Gasteiger partial charge is 0.493 e. The molecule has 1 heterocycles. The molecule has 3 nitrogen and oxygen atoms in total. The van der Waals surface area contributed by atoms with Gasteiger partial charge < -0.3 is 14.6 Å². The van der Waals surface area contributed by atoms with Crippen LogP contribution < -0.4 is 9.47 Å². The van der Waals surface area contributed by atoms with Crippen LogP contribution >= 0.6 is 27.3 Å². The van der Waals surface area contributed by atoms with Crippen molar-refractivity contribution in [2.45, 2.75) is 13.2 Å². The zero-order chi connectivity index (χ0) is 13.0. The number of hydrogen-bond acceptors (Lipinski definition) is 4. The van der Waals surface area contributed by atoms with Gasteiger partial charge in [0.1, 0.15) is 6.61 Å². The van der Waals surface area contributed by atoms with Crippen molar-refractivity contribution >= 4 is 27.3 Å². The van der Waals surface area contributed by atoms with E-state index < -0.39 is 0 Å². The van der Waals surface area contributed by atoms with Crippen molar-refractivity contribution in [1.29, 1.82) is 0 Å². The van der Waals surface area contributed by atoms with Gasteiger partial charge in [-0.25, -0.2) is 0 Å². The molecule has 0 aliphatic carbocycles. The van der Waals surface area contributed by atoms with Crippen LogP contribution in [0.15, 0.2) is 34.1 Å². The number of aliphatic hydroxyl groups is 1. The maximum absolute atomic E-state index is 9.06. The summed E-state index contributed by atoms with van der Waals surface area (Å²) in [6, 6.07) is 9.42. The number of benzene rings is 1. The van der Waals surface area contributed by atoms with Crippen LogP contribution in [-0.4, -0.2) is 12.2 Å². The van der Waals surface area contributed by atoms with Crippen LogP contribution in [0.2, 0.25) is 0 Å². The SMILES string of the molecule is COc1cc(CO)ccc1OCc1ccc(Br)s1. The zero-order valence-corrected chi connectivity index (χ0v) is 12.3. The lowest BCUT2D eigenvalue weighted by Gasteiger charge is -2.10. The molecule has 0 amide bonds. The van der Waals surface area contributed by atoms with E-state index in [4.69, 9.17) is 14.6 Å². The minimum Gasteiger partial charge on any atom is -0.493 e. The van der Waals surface area contributed by atoms with Crippen molar-refractivity contribution in [3.8, 4) is 11.5 Å². The number of thiophene rings is 1. The van der Waals surface area contributed by atoms with Crippen LogP contribution in [0.4, 0.5) is 0 Å². The van der Waals surface area contributed by atoms with Crippen molar-refractivity contribution in [3.63, 3.8) is 0 Å². The summed E-state index contributed by atoms with van der Waals surface area (Å²) in [6.45, 7) is 0.500. The molecule has 0 unspecified atom stereocenters. The number of halogens is 1. The molecule has 0 saturated heterocycles. The van der Waals surface area contributed by atoms with Crippen molar-refractivity contribution in [1.82, 2.24) is 0 Å². The fourth-order valence-corrected chi connectivity index (χ4v) is 2.90. The number of rotatable bonds is 5. The van der Waals surface area contributed by atoms with E-state index in [1.165, 1.54) is 0 Å². The minimum absolute atomic E-state index is 0.00545. The molecule has 0 aliphatic heterocycles. The Hall–Kier alpha value is -1.04. The third-order valence-electron chi connectivity index (χ3n) is 2.41. The minimum atomic E-state index is -0.00545. The van der Waals surface area contributed by atoms with Crippen LogP contribution in [0.25, 0.3) is 0 Å². The van der Waals surface area contributed by atoms with Gasteiger partial charge in [0.15, 0.2) is 11.5 Å². The lowest BCUT2D eigenvalue weighted by molar-refractivity contribution is 0.275. The molecule has 2 rings (SSSR count). The van der Waals surface area contributed by atoms with Gasteiger partial charge in [-0.05, 0) is 45.8 Å². The summed E-state index contributed by atoms with van der Waals surface area (Å²) in [5.74, 6) is 1.32. The zero-order valence-electron chi connectivity index (χ0n) is 9.85. The predicted octanol–water partition coefficient (Wildman–Crippen LogP) is 3.59. The summed E-state index contributed by atoms with van der Waals surface area (Å²) >= 11 is 5.05. The van der Waals surface area contributed by atoms with Crippen LogP contribution in [0, 0.1) is 0 Å². The third-order valence-corrected chi connectivity index (χ3v) is 4.01. The molecule has 1 aromatic heterocycles. The number of aliphatic hydroxyl groups excluding tert-OH is 1. The Kier molecular flexibility index (Phi) is 4.63. The smallest absolute Gasteiger partial charge is 0.161 e. The highest BCUT2D eigenvalue weighted by atomic mass is 79.9. The molecule has 0 bridgehead atoms. The van der Waals surface area contributed by atoms with E-state index in [0.29, 0.717) is 18.1 Å². The van der Waals surface area contributed by atoms with Crippen LogP contribution in [0.5, 0.6) is 11.5 Å². The van der Waals surface area contributed by atoms with E-state index in [0.717, 1.165) is 14.2 Å². The summed E-state index contributed by atoms with van der Waals surface area (Å²) in [4.78, 5) is 1.13. The second-order valence-electron chi connectivity index (χ2n) is 3.64. The van der Waals surface area contributed by atoms with E-state index in [1.807, 2.05) is 24.3 Å². The van der Waals surface area contributed by atoms with Crippen molar-refractivity contribution in [2.24, 2.45) is 0 Å². The quantitative estimate of drug-likeness (QED) is 0.911. The highest BCUT2D eigenvalue weighted by Gasteiger charge is 2.06. The van der Waals surface area contributed by atoms with Gasteiger partial charge in [-0.2, -0.15) is 0 Å². The summed E-state index contributed by atoms with van der Waals surface area (Å²) in [5, 5.41) is 9.06. The molecule has 0 atom stereocenters. The maximum Gasteiger partial charge on any atom is 0.161 e. The Bertz CT molecular complexity index is 525. The molecule has 0 aliphatic rings. The fraction of sp³-hybridized carbons (Fsp3) is 0.231. The van der Waals surface area contributed by atoms with Gasteiger partial charge in [0.2, 0.25) is 0 Å². The van der Waals surface area contributed by atoms with Crippen LogP contribution in [0.3, 0.4) is 0 Å².